The average Bonchev–Trinajstić information content (AvgIpc) is 3.10. The van der Waals surface area contributed by atoms with Gasteiger partial charge in [-0.25, -0.2) is 9.97 Å². The Morgan fingerprint density at radius 3 is 2.47 bits per heavy atom. The van der Waals surface area contributed by atoms with Crippen LogP contribution < -0.4 is 10.2 Å². The molecule has 106 valence electrons. The van der Waals surface area contributed by atoms with Crippen LogP contribution >= 0.6 is 0 Å². The van der Waals surface area contributed by atoms with Crippen LogP contribution in [0.2, 0.25) is 0 Å². The number of rotatable bonds is 5. The Morgan fingerprint density at radius 1 is 1.37 bits per heavy atom. The van der Waals surface area contributed by atoms with Crippen molar-refractivity contribution in [2.45, 2.75) is 45.1 Å². The SMILES string of the molecule is CNc1nc(C2CC2)nc(N(C)CC(C)(C)O)c1C. The normalized spacial score (nSPS) is 15.5. The standard InChI is InChI=1S/C14H24N4O/c1-9-11(15-4)16-12(10-6-7-10)17-13(9)18(5)8-14(2,3)19/h10,19H,6-8H2,1-5H3,(H,15,16,17). The summed E-state index contributed by atoms with van der Waals surface area (Å²) in [5, 5.41) is 13.1. The van der Waals surface area contributed by atoms with E-state index in [1.807, 2.05) is 25.9 Å². The summed E-state index contributed by atoms with van der Waals surface area (Å²) in [5.41, 5.74) is 0.282. The molecule has 0 saturated heterocycles. The van der Waals surface area contributed by atoms with E-state index < -0.39 is 5.60 Å². The number of anilines is 2. The monoisotopic (exact) mass is 264 g/mol. The third kappa shape index (κ3) is 3.35. The van der Waals surface area contributed by atoms with Gasteiger partial charge in [-0.15, -0.1) is 0 Å². The van der Waals surface area contributed by atoms with Crippen LogP contribution in [0.25, 0.3) is 0 Å². The molecular formula is C14H24N4O. The van der Waals surface area contributed by atoms with Crippen molar-refractivity contribution < 1.29 is 5.11 Å². The maximum Gasteiger partial charge on any atom is 0.137 e. The minimum absolute atomic E-state index is 0.516. The Bertz CT molecular complexity index is 463. The largest absolute Gasteiger partial charge is 0.389 e. The lowest BCUT2D eigenvalue weighted by Gasteiger charge is -2.28. The van der Waals surface area contributed by atoms with Gasteiger partial charge in [-0.05, 0) is 33.6 Å². The van der Waals surface area contributed by atoms with Gasteiger partial charge < -0.3 is 15.3 Å². The van der Waals surface area contributed by atoms with Crippen LogP contribution in [-0.2, 0) is 0 Å². The quantitative estimate of drug-likeness (QED) is 0.850. The zero-order valence-electron chi connectivity index (χ0n) is 12.5. The first kappa shape index (κ1) is 14.1. The van der Waals surface area contributed by atoms with Gasteiger partial charge in [-0.3, -0.25) is 0 Å². The fraction of sp³-hybridized carbons (Fsp3) is 0.714. The second kappa shape index (κ2) is 4.96. The van der Waals surface area contributed by atoms with E-state index >= 15 is 0 Å². The Labute approximate surface area is 115 Å². The highest BCUT2D eigenvalue weighted by Gasteiger charge is 2.29. The van der Waals surface area contributed by atoms with E-state index in [0.717, 1.165) is 23.0 Å². The van der Waals surface area contributed by atoms with Crippen molar-refractivity contribution in [1.82, 2.24) is 9.97 Å². The van der Waals surface area contributed by atoms with Crippen LogP contribution in [0.5, 0.6) is 0 Å². The molecule has 0 amide bonds. The van der Waals surface area contributed by atoms with Crippen molar-refractivity contribution in [3.8, 4) is 0 Å². The molecule has 1 heterocycles. The van der Waals surface area contributed by atoms with Crippen molar-refractivity contribution >= 4 is 11.6 Å². The van der Waals surface area contributed by atoms with Crippen molar-refractivity contribution in [1.29, 1.82) is 0 Å². The van der Waals surface area contributed by atoms with Crippen molar-refractivity contribution in [3.05, 3.63) is 11.4 Å². The average molecular weight is 264 g/mol. The number of likely N-dealkylation sites (N-methyl/N-ethyl adjacent to an activating group) is 1. The summed E-state index contributed by atoms with van der Waals surface area (Å²) in [6.45, 7) is 6.17. The predicted octanol–water partition coefficient (Wildman–Crippen LogP) is 1.91. The molecule has 1 fully saturated rings. The maximum absolute atomic E-state index is 9.96. The number of hydrogen-bond donors (Lipinski definition) is 2. The Balaban J connectivity index is 2.34. The second-order valence-corrected chi connectivity index (χ2v) is 6.07. The van der Waals surface area contributed by atoms with Gasteiger partial charge in [-0.1, -0.05) is 0 Å². The minimum Gasteiger partial charge on any atom is -0.389 e. The fourth-order valence-electron chi connectivity index (χ4n) is 2.32. The maximum atomic E-state index is 9.96. The lowest BCUT2D eigenvalue weighted by atomic mass is 10.1. The van der Waals surface area contributed by atoms with E-state index in [0.29, 0.717) is 12.5 Å². The van der Waals surface area contributed by atoms with Gasteiger partial charge in [0.05, 0.1) is 5.60 Å². The molecule has 0 aliphatic heterocycles. The molecule has 2 rings (SSSR count). The van der Waals surface area contributed by atoms with Crippen molar-refractivity contribution in [2.75, 3.05) is 30.9 Å². The minimum atomic E-state index is -0.744. The second-order valence-electron chi connectivity index (χ2n) is 6.07. The van der Waals surface area contributed by atoms with Gasteiger partial charge in [0.2, 0.25) is 0 Å². The van der Waals surface area contributed by atoms with E-state index in [2.05, 4.69) is 10.3 Å². The first-order valence-electron chi connectivity index (χ1n) is 6.81. The molecule has 0 atom stereocenters. The summed E-state index contributed by atoms with van der Waals surface area (Å²) in [7, 11) is 3.84. The van der Waals surface area contributed by atoms with Crippen molar-refractivity contribution in [2.24, 2.45) is 0 Å². The van der Waals surface area contributed by atoms with Crippen LogP contribution in [0.15, 0.2) is 0 Å². The number of hydrogen-bond acceptors (Lipinski definition) is 5. The zero-order chi connectivity index (χ0) is 14.2. The van der Waals surface area contributed by atoms with Gasteiger partial charge >= 0.3 is 0 Å². The first-order valence-corrected chi connectivity index (χ1v) is 6.81. The number of nitrogens with one attached hydrogen (secondary N) is 1. The van der Waals surface area contributed by atoms with Crippen LogP contribution in [0.1, 0.15) is 44.0 Å². The summed E-state index contributed by atoms with van der Waals surface area (Å²) >= 11 is 0. The molecule has 1 aliphatic rings. The number of aliphatic hydroxyl groups is 1. The van der Waals surface area contributed by atoms with Gasteiger partial charge in [-0.2, -0.15) is 0 Å². The Morgan fingerprint density at radius 2 is 2.00 bits per heavy atom. The zero-order valence-corrected chi connectivity index (χ0v) is 12.5. The van der Waals surface area contributed by atoms with E-state index in [1.54, 1.807) is 13.8 Å². The molecule has 1 saturated carbocycles. The molecule has 2 N–H and O–H groups in total. The predicted molar refractivity (Wildman–Crippen MR) is 77.9 cm³/mol. The third-order valence-corrected chi connectivity index (χ3v) is 3.30. The summed E-state index contributed by atoms with van der Waals surface area (Å²) in [4.78, 5) is 11.3. The molecule has 5 nitrogen and oxygen atoms in total. The Hall–Kier alpha value is -1.36. The van der Waals surface area contributed by atoms with Crippen LogP contribution in [0.3, 0.4) is 0 Å². The van der Waals surface area contributed by atoms with E-state index in [4.69, 9.17) is 4.98 Å². The summed E-state index contributed by atoms with van der Waals surface area (Å²) in [6.07, 6.45) is 2.36. The van der Waals surface area contributed by atoms with Gasteiger partial charge in [0, 0.05) is 32.1 Å². The van der Waals surface area contributed by atoms with Gasteiger partial charge in [0.15, 0.2) is 0 Å². The van der Waals surface area contributed by atoms with Crippen LogP contribution in [0.4, 0.5) is 11.6 Å². The molecule has 0 spiro atoms. The lowest BCUT2D eigenvalue weighted by molar-refractivity contribution is 0.0884. The van der Waals surface area contributed by atoms with Crippen LogP contribution in [0, 0.1) is 6.92 Å². The lowest BCUT2D eigenvalue weighted by Crippen LogP contribution is -2.37. The highest BCUT2D eigenvalue weighted by Crippen LogP contribution is 2.40. The van der Waals surface area contributed by atoms with E-state index in [-0.39, 0.29) is 0 Å². The molecule has 1 aliphatic carbocycles. The molecule has 0 aromatic carbocycles. The molecule has 19 heavy (non-hydrogen) atoms. The topological polar surface area (TPSA) is 61.3 Å². The number of aromatic nitrogens is 2. The smallest absolute Gasteiger partial charge is 0.137 e. The van der Waals surface area contributed by atoms with Gasteiger partial charge in [0.1, 0.15) is 17.5 Å². The summed E-state index contributed by atoms with van der Waals surface area (Å²) < 4.78 is 0. The van der Waals surface area contributed by atoms with Crippen LogP contribution in [-0.4, -0.2) is 41.3 Å². The van der Waals surface area contributed by atoms with Gasteiger partial charge in [0.25, 0.3) is 0 Å². The molecule has 0 bridgehead atoms. The molecule has 5 heteroatoms. The molecule has 0 unspecified atom stereocenters. The summed E-state index contributed by atoms with van der Waals surface area (Å²) in [5.74, 6) is 3.23. The van der Waals surface area contributed by atoms with Crippen molar-refractivity contribution in [3.63, 3.8) is 0 Å². The Kier molecular flexibility index (Phi) is 3.67. The molecule has 1 aromatic rings. The fourth-order valence-corrected chi connectivity index (χ4v) is 2.32. The number of nitrogens with zero attached hydrogens (tertiary/aromatic N) is 3. The molecule has 1 aromatic heterocycles. The molecule has 0 radical (unpaired) electrons. The highest BCUT2D eigenvalue weighted by atomic mass is 16.3. The van der Waals surface area contributed by atoms with E-state index in [1.165, 1.54) is 12.8 Å². The van der Waals surface area contributed by atoms with E-state index in [9.17, 15) is 5.11 Å². The highest BCUT2D eigenvalue weighted by molar-refractivity contribution is 5.58. The summed E-state index contributed by atoms with van der Waals surface area (Å²) in [6, 6.07) is 0. The molecular weight excluding hydrogens is 240 g/mol. The first-order chi connectivity index (χ1) is 8.81. The third-order valence-electron chi connectivity index (χ3n) is 3.30.